The lowest BCUT2D eigenvalue weighted by Gasteiger charge is -2.36. The van der Waals surface area contributed by atoms with Gasteiger partial charge in [-0.1, -0.05) is 0 Å². The van der Waals surface area contributed by atoms with Crippen molar-refractivity contribution in [3.8, 4) is 0 Å². The molecule has 2 aromatic rings. The number of methoxy groups -OCH3 is 1. The summed E-state index contributed by atoms with van der Waals surface area (Å²) in [6, 6.07) is 4.37. The van der Waals surface area contributed by atoms with Gasteiger partial charge in [-0.3, -0.25) is 4.79 Å². The summed E-state index contributed by atoms with van der Waals surface area (Å²) < 4.78 is 10.5. The van der Waals surface area contributed by atoms with E-state index in [4.69, 9.17) is 9.47 Å². The van der Waals surface area contributed by atoms with E-state index in [0.29, 0.717) is 26.0 Å². The number of nitrogens with zero attached hydrogens (tertiary/aromatic N) is 3. The highest BCUT2D eigenvalue weighted by molar-refractivity contribution is 5.87. The molecule has 1 aromatic carbocycles. The van der Waals surface area contributed by atoms with Crippen molar-refractivity contribution in [1.29, 1.82) is 0 Å². The summed E-state index contributed by atoms with van der Waals surface area (Å²) in [4.78, 5) is 23.6. The predicted octanol–water partition coefficient (Wildman–Crippen LogP) is 2.01. The topological polar surface area (TPSA) is 96.8 Å². The molecule has 0 spiro atoms. The zero-order valence-electron chi connectivity index (χ0n) is 18.2. The Bertz CT molecular complexity index is 892. The number of rotatable bonds is 7. The third-order valence-corrected chi connectivity index (χ3v) is 6.50. The molecule has 1 amide bonds. The van der Waals surface area contributed by atoms with Crippen molar-refractivity contribution < 1.29 is 19.4 Å². The first kappa shape index (κ1) is 21.9. The van der Waals surface area contributed by atoms with Crippen LogP contribution in [0.3, 0.4) is 0 Å². The molecule has 1 saturated heterocycles. The van der Waals surface area contributed by atoms with Gasteiger partial charge >= 0.3 is 0 Å². The maximum absolute atomic E-state index is 12.6. The number of carbonyl (C=O) groups excluding carboxylic acids is 1. The van der Waals surface area contributed by atoms with Crippen LogP contribution in [0.1, 0.15) is 43.6 Å². The monoisotopic (exact) mass is 428 g/mol. The summed E-state index contributed by atoms with van der Waals surface area (Å²) in [7, 11) is 1.64. The number of carbonyl (C=O) groups is 1. The average Bonchev–Trinajstić information content (AvgIpc) is 2.82. The van der Waals surface area contributed by atoms with Gasteiger partial charge in [-0.25, -0.2) is 9.97 Å². The minimum atomic E-state index is -1.29. The zero-order valence-corrected chi connectivity index (χ0v) is 18.2. The van der Waals surface area contributed by atoms with Crippen LogP contribution in [-0.4, -0.2) is 73.1 Å². The Balaban J connectivity index is 1.50. The van der Waals surface area contributed by atoms with E-state index >= 15 is 0 Å². The van der Waals surface area contributed by atoms with Gasteiger partial charge in [-0.05, 0) is 55.7 Å². The van der Waals surface area contributed by atoms with Crippen LogP contribution < -0.4 is 10.2 Å². The van der Waals surface area contributed by atoms with Crippen molar-refractivity contribution in [2.24, 2.45) is 0 Å². The fraction of sp³-hybridized carbons (Fsp3) is 0.609. The molecule has 8 heteroatoms. The van der Waals surface area contributed by atoms with Crippen LogP contribution in [-0.2, 0) is 14.3 Å². The van der Waals surface area contributed by atoms with E-state index in [1.165, 1.54) is 5.56 Å². The quantitative estimate of drug-likeness (QED) is 0.651. The molecule has 2 fully saturated rings. The number of hydrogen-bond donors (Lipinski definition) is 2. The van der Waals surface area contributed by atoms with Crippen molar-refractivity contribution in [3.63, 3.8) is 0 Å². The molecular formula is C23H32N4O4. The molecule has 0 radical (unpaired) electrons. The number of morpholine rings is 1. The Labute approximate surface area is 183 Å². The Morgan fingerprint density at radius 2 is 2.10 bits per heavy atom. The highest BCUT2D eigenvalue weighted by atomic mass is 16.5. The van der Waals surface area contributed by atoms with Gasteiger partial charge in [0.25, 0.3) is 5.91 Å². The second kappa shape index (κ2) is 9.89. The maximum Gasteiger partial charge on any atom is 0.251 e. The second-order valence-corrected chi connectivity index (χ2v) is 8.50. The van der Waals surface area contributed by atoms with Gasteiger partial charge in [0, 0.05) is 50.6 Å². The summed E-state index contributed by atoms with van der Waals surface area (Å²) in [6.07, 6.45) is 6.60. The number of benzene rings is 1. The van der Waals surface area contributed by atoms with E-state index in [-0.39, 0.29) is 11.8 Å². The van der Waals surface area contributed by atoms with E-state index in [2.05, 4.69) is 32.3 Å². The third kappa shape index (κ3) is 4.97. The number of aromatic nitrogens is 2. The van der Waals surface area contributed by atoms with Gasteiger partial charge in [0.2, 0.25) is 0 Å². The fourth-order valence-electron chi connectivity index (χ4n) is 4.65. The molecule has 2 aliphatic rings. The van der Waals surface area contributed by atoms with Crippen molar-refractivity contribution in [2.45, 2.75) is 43.6 Å². The fourth-order valence-corrected chi connectivity index (χ4v) is 4.65. The van der Waals surface area contributed by atoms with E-state index in [1.54, 1.807) is 13.4 Å². The Kier molecular flexibility index (Phi) is 6.99. The van der Waals surface area contributed by atoms with E-state index < -0.39 is 5.60 Å². The predicted molar refractivity (Wildman–Crippen MR) is 118 cm³/mol. The lowest BCUT2D eigenvalue weighted by Crippen LogP contribution is -2.49. The number of ether oxygens (including phenoxy) is 2. The van der Waals surface area contributed by atoms with Crippen LogP contribution in [0.4, 0.5) is 5.69 Å². The molecule has 1 aliphatic heterocycles. The highest BCUT2D eigenvalue weighted by Gasteiger charge is 2.40. The zero-order chi connectivity index (χ0) is 21.7. The summed E-state index contributed by atoms with van der Waals surface area (Å²) in [5.74, 6) is -0.00614. The summed E-state index contributed by atoms with van der Waals surface area (Å²) in [5.41, 5.74) is 2.01. The number of amides is 1. The number of anilines is 1. The van der Waals surface area contributed by atoms with E-state index in [1.807, 2.05) is 6.20 Å². The normalized spacial score (nSPS) is 24.3. The molecule has 0 atom stereocenters. The molecule has 2 heterocycles. The Hall–Kier alpha value is -2.29. The first-order valence-electron chi connectivity index (χ1n) is 11.2. The van der Waals surface area contributed by atoms with Crippen LogP contribution in [0.5, 0.6) is 0 Å². The van der Waals surface area contributed by atoms with Gasteiger partial charge in [0.05, 0.1) is 18.7 Å². The van der Waals surface area contributed by atoms with E-state index in [0.717, 1.165) is 62.2 Å². The van der Waals surface area contributed by atoms with Gasteiger partial charge in [0.1, 0.15) is 11.9 Å². The first-order chi connectivity index (χ1) is 15.1. The highest BCUT2D eigenvalue weighted by Crippen LogP contribution is 2.41. The standard InChI is InChI=1S/C23H32N4O4/c1-30-10-2-7-25-22(28)23(29)5-3-17(4-6-23)19-13-18(27-8-11-31-12-9-27)14-21-20(19)15-24-16-26-21/h13-17,29H,2-12H2,1H3,(H,25,28). The van der Waals surface area contributed by atoms with Crippen molar-refractivity contribution in [2.75, 3.05) is 51.5 Å². The largest absolute Gasteiger partial charge is 0.385 e. The van der Waals surface area contributed by atoms with E-state index in [9.17, 15) is 9.90 Å². The lowest BCUT2D eigenvalue weighted by atomic mass is 9.75. The molecule has 1 aliphatic carbocycles. The molecule has 2 N–H and O–H groups in total. The number of nitrogens with one attached hydrogen (secondary N) is 1. The SMILES string of the molecule is COCCCNC(=O)C1(O)CCC(c2cc(N3CCOCC3)cc3ncncc23)CC1. The Morgan fingerprint density at radius 1 is 1.32 bits per heavy atom. The number of fused-ring (bicyclic) bond motifs is 1. The molecule has 8 nitrogen and oxygen atoms in total. The molecule has 0 unspecified atom stereocenters. The molecular weight excluding hydrogens is 396 g/mol. The van der Waals surface area contributed by atoms with Crippen LogP contribution in [0.15, 0.2) is 24.7 Å². The van der Waals surface area contributed by atoms with Crippen LogP contribution in [0.2, 0.25) is 0 Å². The first-order valence-corrected chi connectivity index (χ1v) is 11.2. The van der Waals surface area contributed by atoms with Crippen LogP contribution >= 0.6 is 0 Å². The smallest absolute Gasteiger partial charge is 0.251 e. The molecule has 168 valence electrons. The average molecular weight is 429 g/mol. The molecule has 1 saturated carbocycles. The third-order valence-electron chi connectivity index (χ3n) is 6.50. The minimum absolute atomic E-state index is 0.260. The van der Waals surface area contributed by atoms with Crippen molar-refractivity contribution in [3.05, 3.63) is 30.2 Å². The maximum atomic E-state index is 12.6. The molecule has 4 rings (SSSR count). The van der Waals surface area contributed by atoms with Gasteiger partial charge in [0.15, 0.2) is 0 Å². The van der Waals surface area contributed by atoms with Gasteiger partial charge in [-0.2, -0.15) is 0 Å². The molecule has 1 aromatic heterocycles. The van der Waals surface area contributed by atoms with Crippen molar-refractivity contribution >= 4 is 22.5 Å². The van der Waals surface area contributed by atoms with Gasteiger partial charge in [-0.15, -0.1) is 0 Å². The minimum Gasteiger partial charge on any atom is -0.385 e. The summed E-state index contributed by atoms with van der Waals surface area (Å²) in [5, 5.41) is 14.9. The number of aliphatic hydroxyl groups is 1. The lowest BCUT2D eigenvalue weighted by molar-refractivity contribution is -0.143. The van der Waals surface area contributed by atoms with Crippen molar-refractivity contribution in [1.82, 2.24) is 15.3 Å². The number of hydrogen-bond acceptors (Lipinski definition) is 7. The van der Waals surface area contributed by atoms with Crippen LogP contribution in [0.25, 0.3) is 10.9 Å². The second-order valence-electron chi connectivity index (χ2n) is 8.50. The summed E-state index contributed by atoms with van der Waals surface area (Å²) in [6.45, 7) is 4.30. The van der Waals surface area contributed by atoms with Crippen LogP contribution in [0, 0.1) is 0 Å². The summed E-state index contributed by atoms with van der Waals surface area (Å²) >= 11 is 0. The molecule has 0 bridgehead atoms. The Morgan fingerprint density at radius 3 is 2.84 bits per heavy atom. The van der Waals surface area contributed by atoms with Gasteiger partial charge < -0.3 is 24.8 Å². The molecule has 31 heavy (non-hydrogen) atoms.